The van der Waals surface area contributed by atoms with Crippen molar-refractivity contribution in [1.29, 1.82) is 4.78 Å². The summed E-state index contributed by atoms with van der Waals surface area (Å²) in [6.45, 7) is 2.67. The Kier molecular flexibility index (Phi) is 5.56. The van der Waals surface area contributed by atoms with E-state index in [0.717, 1.165) is 22.2 Å². The summed E-state index contributed by atoms with van der Waals surface area (Å²) in [4.78, 5) is 9.40. The van der Waals surface area contributed by atoms with Crippen molar-refractivity contribution in [3.63, 3.8) is 0 Å². The van der Waals surface area contributed by atoms with E-state index >= 15 is 0 Å². The summed E-state index contributed by atoms with van der Waals surface area (Å²) in [7, 11) is -2.74. The molecule has 9 heteroatoms. The predicted molar refractivity (Wildman–Crippen MR) is 123 cm³/mol. The minimum atomic E-state index is -2.74. The normalized spacial score (nSPS) is 12.6. The van der Waals surface area contributed by atoms with Crippen LogP contribution in [-0.2, 0) is 9.73 Å². The molecule has 0 aliphatic carbocycles. The number of nitrogens with one attached hydrogen (secondary N) is 4. The molecule has 0 spiro atoms. The second kappa shape index (κ2) is 8.45. The molecule has 0 saturated heterocycles. The quantitative estimate of drug-likeness (QED) is 0.355. The van der Waals surface area contributed by atoms with E-state index < -0.39 is 9.73 Å². The van der Waals surface area contributed by atoms with Crippen LogP contribution in [0.3, 0.4) is 0 Å². The van der Waals surface area contributed by atoms with Gasteiger partial charge in [-0.2, -0.15) is 10.1 Å². The number of anilines is 3. The third kappa shape index (κ3) is 4.65. The zero-order valence-electron chi connectivity index (χ0n) is 17.1. The Balaban J connectivity index is 1.61. The first-order valence-corrected chi connectivity index (χ1v) is 11.6. The number of aromatic nitrogens is 4. The SMILES string of the molecule is CCNc1nc(Nc2ccc(S(C)(=N)=O)cc2)ncc1C#Cc1cccc2[nH]ncc12. The van der Waals surface area contributed by atoms with Gasteiger partial charge < -0.3 is 10.6 Å². The number of benzene rings is 2. The number of hydrogen-bond donors (Lipinski definition) is 4. The molecule has 0 aliphatic heterocycles. The molecule has 156 valence electrons. The third-order valence-electron chi connectivity index (χ3n) is 4.51. The Morgan fingerprint density at radius 1 is 1.10 bits per heavy atom. The van der Waals surface area contributed by atoms with Crippen LogP contribution >= 0.6 is 0 Å². The van der Waals surface area contributed by atoms with Crippen molar-refractivity contribution in [2.75, 3.05) is 23.4 Å². The van der Waals surface area contributed by atoms with E-state index in [0.29, 0.717) is 28.8 Å². The van der Waals surface area contributed by atoms with Gasteiger partial charge in [0.2, 0.25) is 5.95 Å². The smallest absolute Gasteiger partial charge is 0.229 e. The molecule has 8 nitrogen and oxygen atoms in total. The van der Waals surface area contributed by atoms with E-state index in [9.17, 15) is 4.21 Å². The number of rotatable bonds is 5. The van der Waals surface area contributed by atoms with E-state index in [1.807, 2.05) is 25.1 Å². The zero-order valence-corrected chi connectivity index (χ0v) is 17.9. The summed E-state index contributed by atoms with van der Waals surface area (Å²) >= 11 is 0. The van der Waals surface area contributed by atoms with Gasteiger partial charge in [-0.15, -0.1) is 0 Å². The summed E-state index contributed by atoms with van der Waals surface area (Å²) in [5.41, 5.74) is 3.23. The fourth-order valence-electron chi connectivity index (χ4n) is 2.97. The minimum Gasteiger partial charge on any atom is -0.369 e. The zero-order chi connectivity index (χ0) is 21.8. The molecule has 0 aliphatic rings. The molecule has 2 aromatic carbocycles. The predicted octanol–water partition coefficient (Wildman–Crippen LogP) is 3.96. The Morgan fingerprint density at radius 2 is 1.87 bits per heavy atom. The molecule has 0 bridgehead atoms. The van der Waals surface area contributed by atoms with Crippen molar-refractivity contribution < 1.29 is 4.21 Å². The van der Waals surface area contributed by atoms with Crippen LogP contribution in [0.15, 0.2) is 59.8 Å². The molecule has 4 aromatic rings. The second-order valence-corrected chi connectivity index (χ2v) is 9.02. The largest absolute Gasteiger partial charge is 0.369 e. The Bertz CT molecular complexity index is 1400. The maximum Gasteiger partial charge on any atom is 0.229 e. The molecule has 1 unspecified atom stereocenters. The van der Waals surface area contributed by atoms with Gasteiger partial charge in [-0.1, -0.05) is 17.9 Å². The average molecular weight is 432 g/mol. The van der Waals surface area contributed by atoms with Crippen molar-refractivity contribution in [3.05, 3.63) is 66.0 Å². The van der Waals surface area contributed by atoms with E-state index in [1.165, 1.54) is 6.26 Å². The van der Waals surface area contributed by atoms with Gasteiger partial charge in [-0.25, -0.2) is 14.0 Å². The summed E-state index contributed by atoms with van der Waals surface area (Å²) in [5, 5.41) is 14.3. The summed E-state index contributed by atoms with van der Waals surface area (Å²) < 4.78 is 19.5. The first-order chi connectivity index (χ1) is 14.9. The van der Waals surface area contributed by atoms with Crippen molar-refractivity contribution >= 4 is 38.1 Å². The molecule has 0 amide bonds. The number of nitrogens with zero attached hydrogens (tertiary/aromatic N) is 3. The standard InChI is InChI=1S/C22H21N7OS/c1-3-24-21-16(8-7-15-5-4-6-20-19(15)14-26-29-20)13-25-22(28-21)27-17-9-11-18(12-10-17)31(2,23)30/h4-6,9-14,23H,3H2,1-2H3,(H,26,29)(H2,24,25,27,28). The lowest BCUT2D eigenvalue weighted by molar-refractivity contribution is 0.679. The maximum absolute atomic E-state index is 11.8. The van der Waals surface area contributed by atoms with Gasteiger partial charge in [-0.3, -0.25) is 5.10 Å². The molecule has 0 radical (unpaired) electrons. The van der Waals surface area contributed by atoms with Gasteiger partial charge in [0, 0.05) is 34.3 Å². The first kappa shape index (κ1) is 20.4. The van der Waals surface area contributed by atoms with Gasteiger partial charge >= 0.3 is 0 Å². The highest BCUT2D eigenvalue weighted by Gasteiger charge is 2.07. The molecule has 0 saturated carbocycles. The van der Waals surface area contributed by atoms with Crippen molar-refractivity contribution in [1.82, 2.24) is 20.2 Å². The van der Waals surface area contributed by atoms with E-state index in [4.69, 9.17) is 4.78 Å². The average Bonchev–Trinajstić information content (AvgIpc) is 3.23. The summed E-state index contributed by atoms with van der Waals surface area (Å²) in [6.07, 6.45) is 4.83. The van der Waals surface area contributed by atoms with Crippen LogP contribution in [0.1, 0.15) is 18.1 Å². The third-order valence-corrected chi connectivity index (χ3v) is 5.68. The van der Waals surface area contributed by atoms with Crippen molar-refractivity contribution in [2.24, 2.45) is 0 Å². The van der Waals surface area contributed by atoms with Gasteiger partial charge in [0.1, 0.15) is 5.82 Å². The maximum atomic E-state index is 11.8. The molecular formula is C22H21N7OS. The Morgan fingerprint density at radius 3 is 2.61 bits per heavy atom. The monoisotopic (exact) mass is 431 g/mol. The number of hydrogen-bond acceptors (Lipinski definition) is 7. The van der Waals surface area contributed by atoms with E-state index in [-0.39, 0.29) is 0 Å². The van der Waals surface area contributed by atoms with Crippen LogP contribution in [0.4, 0.5) is 17.5 Å². The van der Waals surface area contributed by atoms with Crippen molar-refractivity contribution in [3.8, 4) is 11.8 Å². The summed E-state index contributed by atoms with van der Waals surface area (Å²) in [5.74, 6) is 7.38. The first-order valence-electron chi connectivity index (χ1n) is 9.60. The van der Waals surface area contributed by atoms with Crippen LogP contribution < -0.4 is 10.6 Å². The number of fused-ring (bicyclic) bond motifs is 1. The molecule has 31 heavy (non-hydrogen) atoms. The number of aromatic amines is 1. The van der Waals surface area contributed by atoms with E-state index in [2.05, 4.69) is 42.6 Å². The van der Waals surface area contributed by atoms with Crippen LogP contribution in [0.25, 0.3) is 10.9 Å². The van der Waals surface area contributed by atoms with Gasteiger partial charge in [-0.05, 0) is 43.3 Å². The molecule has 4 N–H and O–H groups in total. The van der Waals surface area contributed by atoms with E-state index in [1.54, 1.807) is 36.7 Å². The van der Waals surface area contributed by atoms with Gasteiger partial charge in [0.15, 0.2) is 0 Å². The topological polar surface area (TPSA) is 119 Å². The molecule has 2 heterocycles. The van der Waals surface area contributed by atoms with Crippen LogP contribution in [0, 0.1) is 16.6 Å². The lowest BCUT2D eigenvalue weighted by Crippen LogP contribution is -2.06. The van der Waals surface area contributed by atoms with Crippen molar-refractivity contribution in [2.45, 2.75) is 11.8 Å². The lowest BCUT2D eigenvalue weighted by Gasteiger charge is -2.10. The number of H-pyrrole nitrogens is 1. The fourth-order valence-corrected chi connectivity index (χ4v) is 3.63. The minimum absolute atomic E-state index is 0.411. The van der Waals surface area contributed by atoms with Crippen LogP contribution in [0.5, 0.6) is 0 Å². The molecular weight excluding hydrogens is 410 g/mol. The summed E-state index contributed by atoms with van der Waals surface area (Å²) in [6, 6.07) is 12.7. The highest BCUT2D eigenvalue weighted by Crippen LogP contribution is 2.20. The molecule has 4 rings (SSSR count). The highest BCUT2D eigenvalue weighted by molar-refractivity contribution is 7.91. The van der Waals surface area contributed by atoms with Gasteiger partial charge in [0.25, 0.3) is 0 Å². The Labute approximate surface area is 180 Å². The second-order valence-electron chi connectivity index (χ2n) is 6.87. The highest BCUT2D eigenvalue weighted by atomic mass is 32.2. The van der Waals surface area contributed by atoms with Crippen LogP contribution in [-0.4, -0.2) is 37.2 Å². The Hall–Kier alpha value is -3.90. The fraction of sp³-hybridized carbons (Fsp3) is 0.136. The molecule has 0 fully saturated rings. The molecule has 2 aromatic heterocycles. The lowest BCUT2D eigenvalue weighted by atomic mass is 10.1. The molecule has 1 atom stereocenters. The van der Waals surface area contributed by atoms with Gasteiger partial charge in [0.05, 0.1) is 33.2 Å². The van der Waals surface area contributed by atoms with Crippen LogP contribution in [0.2, 0.25) is 0 Å².